The summed E-state index contributed by atoms with van der Waals surface area (Å²) in [4.78, 5) is 11.5. The second-order valence-corrected chi connectivity index (χ2v) is 11.1. The minimum atomic E-state index is -3.71. The van der Waals surface area contributed by atoms with Crippen LogP contribution in [0.1, 0.15) is 48.6 Å². The third kappa shape index (κ3) is 5.33. The average molecular weight is 496 g/mol. The van der Waals surface area contributed by atoms with Crippen LogP contribution in [0.5, 0.6) is 11.5 Å². The number of methoxy groups -OCH3 is 1. The summed E-state index contributed by atoms with van der Waals surface area (Å²) in [5.74, 6) is 0.214. The van der Waals surface area contributed by atoms with Crippen molar-refractivity contribution in [2.45, 2.75) is 38.5 Å². The van der Waals surface area contributed by atoms with E-state index in [9.17, 15) is 18.3 Å². The Morgan fingerprint density at radius 3 is 2.51 bits per heavy atom. The van der Waals surface area contributed by atoms with E-state index in [0.29, 0.717) is 29.9 Å². The first kappa shape index (κ1) is 24.8. The van der Waals surface area contributed by atoms with Gasteiger partial charge in [0.05, 0.1) is 23.8 Å². The average Bonchev–Trinajstić information content (AvgIpc) is 2.80. The smallest absolute Gasteiger partial charge is 0.309 e. The van der Waals surface area contributed by atoms with E-state index in [2.05, 4.69) is 0 Å². The van der Waals surface area contributed by atoms with Crippen LogP contribution < -0.4 is 14.6 Å². The van der Waals surface area contributed by atoms with Gasteiger partial charge in [-0.1, -0.05) is 48.5 Å². The number of aryl methyl sites for hydroxylation is 1. The van der Waals surface area contributed by atoms with Crippen molar-refractivity contribution in [1.82, 2.24) is 0 Å². The largest absolute Gasteiger partial charge is 0.496 e. The SMILES string of the molecule is COc1cccc2c1-c1ccc(CS(N)(=O)=O)cc1C(c1cccc(CCC(C)(C)C(=O)O)c1)O2. The molecule has 1 aliphatic heterocycles. The normalized spacial score (nSPS) is 15.0. The first-order valence-corrected chi connectivity index (χ1v) is 13.0. The molecule has 3 aromatic carbocycles. The number of hydrogen-bond donors (Lipinski definition) is 2. The van der Waals surface area contributed by atoms with Gasteiger partial charge in [-0.05, 0) is 61.1 Å². The van der Waals surface area contributed by atoms with Crippen LogP contribution >= 0.6 is 0 Å². The predicted molar refractivity (Wildman–Crippen MR) is 134 cm³/mol. The van der Waals surface area contributed by atoms with E-state index in [-0.39, 0.29) is 5.75 Å². The van der Waals surface area contributed by atoms with Crippen molar-refractivity contribution >= 4 is 16.0 Å². The zero-order valence-electron chi connectivity index (χ0n) is 19.9. The van der Waals surface area contributed by atoms with Gasteiger partial charge in [-0.25, -0.2) is 13.6 Å². The Hall–Kier alpha value is -3.36. The molecule has 0 saturated heterocycles. The molecule has 4 rings (SSSR count). The van der Waals surface area contributed by atoms with Gasteiger partial charge in [0, 0.05) is 5.56 Å². The number of carboxylic acid groups (broad SMARTS) is 1. The Morgan fingerprint density at radius 1 is 1.09 bits per heavy atom. The minimum absolute atomic E-state index is 0.282. The molecule has 0 spiro atoms. The topological polar surface area (TPSA) is 116 Å². The molecular formula is C27H29NO6S. The summed E-state index contributed by atoms with van der Waals surface area (Å²) in [7, 11) is -2.11. The summed E-state index contributed by atoms with van der Waals surface area (Å²) >= 11 is 0. The van der Waals surface area contributed by atoms with E-state index in [1.54, 1.807) is 27.0 Å². The molecule has 0 saturated carbocycles. The monoisotopic (exact) mass is 495 g/mol. The van der Waals surface area contributed by atoms with Crippen molar-refractivity contribution in [3.05, 3.63) is 82.9 Å². The quantitative estimate of drug-likeness (QED) is 0.469. The molecule has 0 aromatic heterocycles. The number of hydrogen-bond acceptors (Lipinski definition) is 5. The Bertz CT molecular complexity index is 1380. The molecule has 35 heavy (non-hydrogen) atoms. The van der Waals surface area contributed by atoms with Crippen LogP contribution in [0, 0.1) is 5.41 Å². The maximum atomic E-state index is 11.7. The third-order valence-corrected chi connectivity index (χ3v) is 7.10. The van der Waals surface area contributed by atoms with Crippen LogP contribution in [0.4, 0.5) is 0 Å². The van der Waals surface area contributed by atoms with Crippen molar-refractivity contribution < 1.29 is 27.8 Å². The number of benzene rings is 3. The standard InChI is InChI=1S/C27H29NO6S/c1-27(2,26(29)30)13-12-17-6-4-7-19(14-17)25-21-15-18(16-35(28,31)32)10-11-20(21)24-22(33-3)8-5-9-23(24)34-25/h4-11,14-15,25H,12-13,16H2,1-3H3,(H,29,30)(H2,28,31,32). The summed E-state index contributed by atoms with van der Waals surface area (Å²) in [5, 5.41) is 14.7. The fourth-order valence-electron chi connectivity index (χ4n) is 4.34. The van der Waals surface area contributed by atoms with Gasteiger partial charge in [-0.3, -0.25) is 4.79 Å². The highest BCUT2D eigenvalue weighted by atomic mass is 32.2. The number of ether oxygens (including phenoxy) is 2. The molecule has 184 valence electrons. The number of carbonyl (C=O) groups is 1. The molecule has 1 aliphatic rings. The number of nitrogens with two attached hydrogens (primary N) is 1. The highest BCUT2D eigenvalue weighted by Crippen LogP contribution is 2.49. The van der Waals surface area contributed by atoms with Gasteiger partial charge in [0.15, 0.2) is 0 Å². The summed E-state index contributed by atoms with van der Waals surface area (Å²) in [6.45, 7) is 3.44. The number of rotatable bonds is 8. The zero-order chi connectivity index (χ0) is 25.4. The molecule has 1 atom stereocenters. The van der Waals surface area contributed by atoms with Gasteiger partial charge in [-0.15, -0.1) is 0 Å². The van der Waals surface area contributed by atoms with Crippen LogP contribution in [-0.4, -0.2) is 26.6 Å². The van der Waals surface area contributed by atoms with E-state index < -0.39 is 27.5 Å². The lowest BCUT2D eigenvalue weighted by Crippen LogP contribution is -2.24. The number of carboxylic acids is 1. The molecule has 0 radical (unpaired) electrons. The van der Waals surface area contributed by atoms with Crippen molar-refractivity contribution in [1.29, 1.82) is 0 Å². The van der Waals surface area contributed by atoms with E-state index in [4.69, 9.17) is 14.6 Å². The fourth-order valence-corrected chi connectivity index (χ4v) is 4.98. The van der Waals surface area contributed by atoms with Crippen molar-refractivity contribution in [3.63, 3.8) is 0 Å². The predicted octanol–water partition coefficient (Wildman–Crippen LogP) is 4.68. The van der Waals surface area contributed by atoms with Gasteiger partial charge in [-0.2, -0.15) is 0 Å². The van der Waals surface area contributed by atoms with Gasteiger partial charge >= 0.3 is 5.97 Å². The maximum Gasteiger partial charge on any atom is 0.309 e. The molecule has 1 unspecified atom stereocenters. The molecule has 7 nitrogen and oxygen atoms in total. The lowest BCUT2D eigenvalue weighted by Gasteiger charge is -2.31. The molecule has 0 aliphatic carbocycles. The Balaban J connectivity index is 1.78. The highest BCUT2D eigenvalue weighted by molar-refractivity contribution is 7.88. The maximum absolute atomic E-state index is 11.7. The number of aliphatic carboxylic acids is 1. The molecule has 0 fully saturated rings. The Kier molecular flexibility index (Phi) is 6.62. The molecule has 3 N–H and O–H groups in total. The van der Waals surface area contributed by atoms with Crippen LogP contribution in [0.25, 0.3) is 11.1 Å². The second-order valence-electron chi connectivity index (χ2n) is 9.49. The second kappa shape index (κ2) is 9.36. The first-order valence-electron chi connectivity index (χ1n) is 11.3. The van der Waals surface area contributed by atoms with E-state index in [1.165, 1.54) is 0 Å². The molecular weight excluding hydrogens is 466 g/mol. The highest BCUT2D eigenvalue weighted by Gasteiger charge is 2.31. The van der Waals surface area contributed by atoms with E-state index in [1.807, 2.05) is 54.6 Å². The fraction of sp³-hybridized carbons (Fsp3) is 0.296. The van der Waals surface area contributed by atoms with Gasteiger partial charge in [0.25, 0.3) is 0 Å². The van der Waals surface area contributed by atoms with E-state index >= 15 is 0 Å². The Morgan fingerprint density at radius 2 is 1.83 bits per heavy atom. The summed E-state index contributed by atoms with van der Waals surface area (Å²) in [6.07, 6.45) is 0.604. The third-order valence-electron chi connectivity index (χ3n) is 6.36. The molecule has 0 amide bonds. The van der Waals surface area contributed by atoms with E-state index in [0.717, 1.165) is 27.8 Å². The van der Waals surface area contributed by atoms with Crippen LogP contribution in [-0.2, 0) is 27.0 Å². The van der Waals surface area contributed by atoms with Crippen LogP contribution in [0.2, 0.25) is 0 Å². The van der Waals surface area contributed by atoms with Gasteiger partial charge in [0.1, 0.15) is 17.6 Å². The van der Waals surface area contributed by atoms with Crippen LogP contribution in [0.3, 0.4) is 0 Å². The van der Waals surface area contributed by atoms with Crippen LogP contribution in [0.15, 0.2) is 60.7 Å². The Labute approximate surface area is 205 Å². The van der Waals surface area contributed by atoms with Crippen molar-refractivity contribution in [3.8, 4) is 22.6 Å². The number of fused-ring (bicyclic) bond motifs is 3. The summed E-state index contributed by atoms with van der Waals surface area (Å²) < 4.78 is 35.5. The minimum Gasteiger partial charge on any atom is -0.496 e. The lowest BCUT2D eigenvalue weighted by molar-refractivity contribution is -0.147. The summed E-state index contributed by atoms with van der Waals surface area (Å²) in [5.41, 5.74) is 4.13. The number of sulfonamides is 1. The lowest BCUT2D eigenvalue weighted by atomic mass is 9.85. The zero-order valence-corrected chi connectivity index (χ0v) is 20.8. The molecule has 8 heteroatoms. The first-order chi connectivity index (χ1) is 16.5. The molecule has 1 heterocycles. The van der Waals surface area contributed by atoms with Crippen molar-refractivity contribution in [2.24, 2.45) is 10.6 Å². The number of primary sulfonamides is 1. The van der Waals surface area contributed by atoms with Gasteiger partial charge in [0.2, 0.25) is 10.0 Å². The van der Waals surface area contributed by atoms with Gasteiger partial charge < -0.3 is 14.6 Å². The molecule has 0 bridgehead atoms. The molecule has 3 aromatic rings. The summed E-state index contributed by atoms with van der Waals surface area (Å²) in [6, 6.07) is 18.9. The van der Waals surface area contributed by atoms with Crippen molar-refractivity contribution in [2.75, 3.05) is 7.11 Å².